The topological polar surface area (TPSA) is 100 Å². The van der Waals surface area contributed by atoms with Gasteiger partial charge >= 0.3 is 6.09 Å². The Morgan fingerprint density at radius 3 is 2.85 bits per heavy atom. The Hall–Kier alpha value is -3.38. The molecular formula is C25H29N5O3S. The van der Waals surface area contributed by atoms with Gasteiger partial charge in [-0.2, -0.15) is 5.26 Å². The smallest absolute Gasteiger partial charge is 0.407 e. The van der Waals surface area contributed by atoms with E-state index in [-0.39, 0.29) is 18.1 Å². The maximum atomic E-state index is 13.6. The zero-order chi connectivity index (χ0) is 24.5. The first kappa shape index (κ1) is 23.8. The number of nitrogens with one attached hydrogen (secondary N) is 1. The highest BCUT2D eigenvalue weighted by Crippen LogP contribution is 2.26. The van der Waals surface area contributed by atoms with Crippen LogP contribution in [0.4, 0.5) is 10.7 Å². The molecule has 3 aromatic rings. The summed E-state index contributed by atoms with van der Waals surface area (Å²) in [5.74, 6) is 0.554. The van der Waals surface area contributed by atoms with Gasteiger partial charge in [0, 0.05) is 24.0 Å². The van der Waals surface area contributed by atoms with Crippen LogP contribution in [0.15, 0.2) is 35.1 Å². The summed E-state index contributed by atoms with van der Waals surface area (Å²) < 4.78 is 7.69. The maximum absolute atomic E-state index is 13.6. The zero-order valence-corrected chi connectivity index (χ0v) is 20.7. The first-order chi connectivity index (χ1) is 16.1. The van der Waals surface area contributed by atoms with Crippen molar-refractivity contribution >= 4 is 33.6 Å². The van der Waals surface area contributed by atoms with Crippen molar-refractivity contribution in [2.75, 3.05) is 18.0 Å². The number of ether oxygens (including phenoxy) is 1. The van der Waals surface area contributed by atoms with Gasteiger partial charge in [0.1, 0.15) is 10.3 Å². The van der Waals surface area contributed by atoms with Crippen LogP contribution in [0.3, 0.4) is 0 Å². The van der Waals surface area contributed by atoms with Crippen LogP contribution < -0.4 is 15.8 Å². The lowest BCUT2D eigenvalue weighted by Crippen LogP contribution is -2.50. The molecule has 0 spiro atoms. The number of alkyl carbamates (subject to hydrolysis) is 1. The fourth-order valence-electron chi connectivity index (χ4n) is 4.19. The lowest BCUT2D eigenvalue weighted by Gasteiger charge is -2.35. The van der Waals surface area contributed by atoms with Gasteiger partial charge in [-0.3, -0.25) is 9.36 Å². The van der Waals surface area contributed by atoms with E-state index in [9.17, 15) is 14.9 Å². The molecule has 1 saturated heterocycles. The first-order valence-corrected chi connectivity index (χ1v) is 12.2. The quantitative estimate of drug-likeness (QED) is 0.603. The van der Waals surface area contributed by atoms with Gasteiger partial charge in [-0.25, -0.2) is 9.78 Å². The van der Waals surface area contributed by atoms with Crippen LogP contribution in [0, 0.1) is 18.3 Å². The molecule has 8 nitrogen and oxygen atoms in total. The second-order valence-electron chi connectivity index (χ2n) is 9.57. The molecule has 0 radical (unpaired) electrons. The van der Waals surface area contributed by atoms with Crippen molar-refractivity contribution in [1.82, 2.24) is 14.9 Å². The van der Waals surface area contributed by atoms with Gasteiger partial charge in [-0.1, -0.05) is 18.2 Å². The van der Waals surface area contributed by atoms with Crippen LogP contribution in [0.25, 0.3) is 10.2 Å². The van der Waals surface area contributed by atoms with Crippen molar-refractivity contribution in [3.05, 3.63) is 56.7 Å². The summed E-state index contributed by atoms with van der Waals surface area (Å²) in [6, 6.07) is 11.3. The van der Waals surface area contributed by atoms with Crippen molar-refractivity contribution in [3.63, 3.8) is 0 Å². The van der Waals surface area contributed by atoms with Crippen molar-refractivity contribution in [2.24, 2.45) is 0 Å². The third kappa shape index (κ3) is 5.23. The number of rotatable bonds is 4. The van der Waals surface area contributed by atoms with Crippen LogP contribution in [0.2, 0.25) is 0 Å². The van der Waals surface area contributed by atoms with Crippen molar-refractivity contribution in [1.29, 1.82) is 5.26 Å². The molecule has 1 aromatic carbocycles. The number of thiophene rings is 1. The third-order valence-electron chi connectivity index (χ3n) is 5.63. The van der Waals surface area contributed by atoms with Crippen LogP contribution in [0.1, 0.15) is 49.6 Å². The normalized spacial score (nSPS) is 16.3. The summed E-state index contributed by atoms with van der Waals surface area (Å²) in [5, 5.41) is 12.5. The van der Waals surface area contributed by atoms with E-state index in [4.69, 9.17) is 9.72 Å². The predicted molar refractivity (Wildman–Crippen MR) is 133 cm³/mol. The summed E-state index contributed by atoms with van der Waals surface area (Å²) in [5.41, 5.74) is 1.29. The molecule has 0 saturated carbocycles. The fourth-order valence-corrected chi connectivity index (χ4v) is 5.09. The Bertz CT molecular complexity index is 1310. The minimum atomic E-state index is -0.573. The molecule has 34 heavy (non-hydrogen) atoms. The number of nitriles is 1. The molecule has 2 aromatic heterocycles. The van der Waals surface area contributed by atoms with Gasteiger partial charge in [-0.05, 0) is 58.2 Å². The maximum Gasteiger partial charge on any atom is 0.407 e. The monoisotopic (exact) mass is 479 g/mol. The highest BCUT2D eigenvalue weighted by atomic mass is 32.1. The molecule has 0 unspecified atom stereocenters. The molecule has 0 bridgehead atoms. The zero-order valence-electron chi connectivity index (χ0n) is 19.9. The number of piperidine rings is 1. The van der Waals surface area contributed by atoms with Gasteiger partial charge in [-0.15, -0.1) is 11.3 Å². The van der Waals surface area contributed by atoms with Crippen molar-refractivity contribution in [2.45, 2.75) is 58.7 Å². The average molecular weight is 480 g/mol. The molecule has 1 aliphatic rings. The van der Waals surface area contributed by atoms with Crippen LogP contribution in [-0.2, 0) is 11.3 Å². The minimum Gasteiger partial charge on any atom is -0.444 e. The number of hydrogen-bond donors (Lipinski definition) is 1. The van der Waals surface area contributed by atoms with Crippen LogP contribution >= 0.6 is 11.3 Å². The van der Waals surface area contributed by atoms with Crippen LogP contribution in [0.5, 0.6) is 0 Å². The third-order valence-corrected chi connectivity index (χ3v) is 6.66. The Labute approximate surface area is 202 Å². The Kier molecular flexibility index (Phi) is 6.62. The largest absolute Gasteiger partial charge is 0.444 e. The van der Waals surface area contributed by atoms with Gasteiger partial charge in [0.15, 0.2) is 0 Å². The molecule has 1 N–H and O–H groups in total. The number of aryl methyl sites for hydroxylation is 1. The van der Waals surface area contributed by atoms with Gasteiger partial charge in [0.05, 0.1) is 23.7 Å². The molecule has 4 rings (SSSR count). The molecule has 1 fully saturated rings. The number of amides is 1. The fraction of sp³-hybridized carbons (Fsp3) is 0.440. The second kappa shape index (κ2) is 9.47. The number of benzene rings is 1. The van der Waals surface area contributed by atoms with Gasteiger partial charge < -0.3 is 15.0 Å². The van der Waals surface area contributed by atoms with E-state index in [1.807, 2.05) is 56.9 Å². The lowest BCUT2D eigenvalue weighted by atomic mass is 10.1. The Morgan fingerprint density at radius 2 is 2.12 bits per heavy atom. The highest BCUT2D eigenvalue weighted by molar-refractivity contribution is 7.18. The summed E-state index contributed by atoms with van der Waals surface area (Å²) >= 11 is 1.43. The van der Waals surface area contributed by atoms with E-state index in [2.05, 4.69) is 11.4 Å². The molecule has 1 atom stereocenters. The van der Waals surface area contributed by atoms with E-state index >= 15 is 0 Å². The molecule has 1 amide bonds. The highest BCUT2D eigenvalue weighted by Gasteiger charge is 2.27. The number of anilines is 1. The Balaban J connectivity index is 1.69. The second-order valence-corrected chi connectivity index (χ2v) is 10.8. The van der Waals surface area contributed by atoms with E-state index in [1.54, 1.807) is 10.6 Å². The number of carbonyl (C=O) groups is 1. The summed E-state index contributed by atoms with van der Waals surface area (Å²) in [7, 11) is 0. The Morgan fingerprint density at radius 1 is 1.35 bits per heavy atom. The first-order valence-electron chi connectivity index (χ1n) is 11.4. The molecular weight excluding hydrogens is 450 g/mol. The summed E-state index contributed by atoms with van der Waals surface area (Å²) in [6.07, 6.45) is 1.21. The van der Waals surface area contributed by atoms with Crippen molar-refractivity contribution < 1.29 is 9.53 Å². The van der Waals surface area contributed by atoms with E-state index in [1.165, 1.54) is 11.3 Å². The molecule has 9 heteroatoms. The lowest BCUT2D eigenvalue weighted by molar-refractivity contribution is 0.0499. The number of aromatic nitrogens is 2. The van der Waals surface area contributed by atoms with E-state index in [0.717, 1.165) is 23.3 Å². The number of hydrogen-bond acceptors (Lipinski definition) is 7. The van der Waals surface area contributed by atoms with E-state index in [0.29, 0.717) is 34.8 Å². The number of carbonyl (C=O) groups excluding carboxylic acids is 1. The molecule has 3 heterocycles. The number of nitrogens with zero attached hydrogens (tertiary/aromatic N) is 4. The summed E-state index contributed by atoms with van der Waals surface area (Å²) in [6.45, 7) is 8.94. The SMILES string of the molecule is Cc1cc2nc(N3CCC[C@H](NC(=O)OC(C)(C)C)C3)n(Cc3ccccc3C#N)c(=O)c2s1. The predicted octanol–water partition coefficient (Wildman–Crippen LogP) is 4.18. The standard InChI is InChI=1S/C25H29N5O3S/c1-16-12-20-21(34-16)22(31)30(14-18-9-6-5-8-17(18)13-26)23(28-20)29-11-7-10-19(15-29)27-24(32)33-25(2,3)4/h5-6,8-9,12,19H,7,10-11,14-15H2,1-4H3,(H,27,32)/t19-/m0/s1. The molecule has 0 aliphatic carbocycles. The van der Waals surface area contributed by atoms with Gasteiger partial charge in [0.25, 0.3) is 5.56 Å². The van der Waals surface area contributed by atoms with Crippen molar-refractivity contribution in [3.8, 4) is 6.07 Å². The van der Waals surface area contributed by atoms with Crippen LogP contribution in [-0.4, -0.2) is 40.4 Å². The summed E-state index contributed by atoms with van der Waals surface area (Å²) in [4.78, 5) is 33.8. The average Bonchev–Trinajstić information content (AvgIpc) is 3.15. The van der Waals surface area contributed by atoms with Gasteiger partial charge in [0.2, 0.25) is 5.95 Å². The molecule has 1 aliphatic heterocycles. The number of fused-ring (bicyclic) bond motifs is 1. The minimum absolute atomic E-state index is 0.118. The molecule has 178 valence electrons. The van der Waals surface area contributed by atoms with E-state index < -0.39 is 11.7 Å².